The fourth-order valence-corrected chi connectivity index (χ4v) is 3.23. The van der Waals surface area contributed by atoms with Crippen molar-refractivity contribution in [3.05, 3.63) is 54.6 Å². The Hall–Kier alpha value is -2.33. The van der Waals surface area contributed by atoms with Crippen LogP contribution in [0.15, 0.2) is 54.6 Å². The minimum Gasteiger partial charge on any atom is -0.483 e. The van der Waals surface area contributed by atoms with Crippen molar-refractivity contribution in [2.45, 2.75) is 39.8 Å². The highest BCUT2D eigenvalue weighted by Gasteiger charge is 2.16. The Morgan fingerprint density at radius 3 is 2.23 bits per heavy atom. The maximum absolute atomic E-state index is 12.1. The van der Waals surface area contributed by atoms with Crippen LogP contribution in [0.4, 0.5) is 0 Å². The van der Waals surface area contributed by atoms with E-state index in [1.807, 2.05) is 54.6 Å². The molecule has 0 aromatic heterocycles. The zero-order chi connectivity index (χ0) is 18.9. The second-order valence-electron chi connectivity index (χ2n) is 7.14. The number of carbonyl (C=O) groups excluding carboxylic acids is 1. The number of ether oxygens (including phenoxy) is 1. The van der Waals surface area contributed by atoms with Gasteiger partial charge in [-0.3, -0.25) is 4.79 Å². The van der Waals surface area contributed by atoms with E-state index in [1.54, 1.807) is 0 Å². The van der Waals surface area contributed by atoms with Crippen LogP contribution in [-0.2, 0) is 4.79 Å². The Morgan fingerprint density at radius 2 is 1.58 bits per heavy atom. The molecule has 0 saturated carbocycles. The summed E-state index contributed by atoms with van der Waals surface area (Å²) < 4.78 is 5.79. The van der Waals surface area contributed by atoms with Crippen LogP contribution < -0.4 is 15.0 Å². The number of amides is 1. The Labute approximate surface area is 157 Å². The highest BCUT2D eigenvalue weighted by atomic mass is 16.5. The van der Waals surface area contributed by atoms with E-state index in [0.29, 0.717) is 18.6 Å². The summed E-state index contributed by atoms with van der Waals surface area (Å²) in [6.07, 6.45) is 0. The standard InChI is InChI=1S/C22H30N2O2/c1-17(2)24(18(3)4)15-14-23-22(25)16-26-21-13-9-8-12-20(21)19-10-6-5-7-11-19/h5-13,17-18H,14-16H2,1-4H3,(H,23,25)/p+1. The van der Waals surface area contributed by atoms with Crippen molar-refractivity contribution in [1.29, 1.82) is 0 Å². The van der Waals surface area contributed by atoms with Gasteiger partial charge in [0.15, 0.2) is 6.61 Å². The van der Waals surface area contributed by atoms with Crippen LogP contribution in [-0.4, -0.2) is 37.7 Å². The molecule has 0 heterocycles. The van der Waals surface area contributed by atoms with E-state index in [9.17, 15) is 4.79 Å². The number of hydrogen-bond donors (Lipinski definition) is 2. The fraction of sp³-hybridized carbons (Fsp3) is 0.409. The first kappa shape index (κ1) is 20.0. The number of nitrogens with one attached hydrogen (secondary N) is 2. The summed E-state index contributed by atoms with van der Waals surface area (Å²) in [5.41, 5.74) is 2.08. The molecule has 0 spiro atoms. The van der Waals surface area contributed by atoms with Gasteiger partial charge in [-0.05, 0) is 39.3 Å². The Bertz CT molecular complexity index is 676. The molecule has 1 amide bonds. The average molecular weight is 356 g/mol. The number of quaternary nitrogens is 1. The molecule has 0 aliphatic carbocycles. The van der Waals surface area contributed by atoms with Crippen LogP contribution in [0.1, 0.15) is 27.7 Å². The zero-order valence-corrected chi connectivity index (χ0v) is 16.3. The van der Waals surface area contributed by atoms with Gasteiger partial charge >= 0.3 is 0 Å². The van der Waals surface area contributed by atoms with Gasteiger partial charge in [-0.1, -0.05) is 48.5 Å². The summed E-state index contributed by atoms with van der Waals surface area (Å²) >= 11 is 0. The maximum atomic E-state index is 12.1. The van der Waals surface area contributed by atoms with Gasteiger partial charge in [0.2, 0.25) is 0 Å². The minimum atomic E-state index is -0.0836. The molecule has 2 aromatic rings. The van der Waals surface area contributed by atoms with Crippen LogP contribution in [0, 0.1) is 0 Å². The molecule has 4 heteroatoms. The lowest BCUT2D eigenvalue weighted by atomic mass is 10.1. The summed E-state index contributed by atoms with van der Waals surface area (Å²) in [6.45, 7) is 10.4. The van der Waals surface area contributed by atoms with Crippen molar-refractivity contribution in [3.8, 4) is 16.9 Å². The van der Waals surface area contributed by atoms with Crippen LogP contribution in [0.3, 0.4) is 0 Å². The van der Waals surface area contributed by atoms with Gasteiger partial charge in [-0.15, -0.1) is 0 Å². The van der Waals surface area contributed by atoms with E-state index in [0.717, 1.165) is 23.4 Å². The SMILES string of the molecule is CC(C)[NH+](CCNC(=O)COc1ccccc1-c1ccccc1)C(C)C. The molecule has 0 radical (unpaired) electrons. The largest absolute Gasteiger partial charge is 0.483 e. The monoisotopic (exact) mass is 355 g/mol. The van der Waals surface area contributed by atoms with Gasteiger partial charge in [-0.2, -0.15) is 0 Å². The van der Waals surface area contributed by atoms with Crippen molar-refractivity contribution in [2.75, 3.05) is 19.7 Å². The van der Waals surface area contributed by atoms with Gasteiger partial charge in [-0.25, -0.2) is 0 Å². The molecule has 2 N–H and O–H groups in total. The molecule has 2 aromatic carbocycles. The lowest BCUT2D eigenvalue weighted by molar-refractivity contribution is -0.941. The molecule has 0 unspecified atom stereocenters. The molecule has 0 saturated heterocycles. The van der Waals surface area contributed by atoms with Crippen LogP contribution in [0.2, 0.25) is 0 Å². The highest BCUT2D eigenvalue weighted by Crippen LogP contribution is 2.29. The molecule has 26 heavy (non-hydrogen) atoms. The summed E-state index contributed by atoms with van der Waals surface area (Å²) in [6, 6.07) is 19.0. The summed E-state index contributed by atoms with van der Waals surface area (Å²) in [4.78, 5) is 13.6. The Kier molecular flexibility index (Phi) is 7.67. The third kappa shape index (κ3) is 5.88. The van der Waals surface area contributed by atoms with E-state index >= 15 is 0 Å². The third-order valence-electron chi connectivity index (χ3n) is 4.55. The predicted octanol–water partition coefficient (Wildman–Crippen LogP) is 2.55. The van der Waals surface area contributed by atoms with Gasteiger partial charge in [0.25, 0.3) is 5.91 Å². The topological polar surface area (TPSA) is 42.8 Å². The molecule has 140 valence electrons. The molecule has 0 aliphatic heterocycles. The Balaban J connectivity index is 1.87. The van der Waals surface area contributed by atoms with Crippen molar-refractivity contribution in [1.82, 2.24) is 5.32 Å². The first-order chi connectivity index (χ1) is 12.5. The fourth-order valence-electron chi connectivity index (χ4n) is 3.23. The van der Waals surface area contributed by atoms with Gasteiger partial charge in [0.1, 0.15) is 5.75 Å². The van der Waals surface area contributed by atoms with Crippen molar-refractivity contribution < 1.29 is 14.4 Å². The Morgan fingerprint density at radius 1 is 0.962 bits per heavy atom. The summed E-state index contributed by atoms with van der Waals surface area (Å²) in [5, 5.41) is 2.97. The zero-order valence-electron chi connectivity index (χ0n) is 16.3. The number of para-hydroxylation sites is 1. The lowest BCUT2D eigenvalue weighted by Crippen LogP contribution is -3.18. The van der Waals surface area contributed by atoms with Gasteiger partial charge < -0.3 is 15.0 Å². The van der Waals surface area contributed by atoms with E-state index in [2.05, 4.69) is 33.0 Å². The second kappa shape index (κ2) is 9.97. The normalized spacial score (nSPS) is 11.2. The van der Waals surface area contributed by atoms with E-state index in [-0.39, 0.29) is 12.5 Å². The quantitative estimate of drug-likeness (QED) is 0.726. The molecule has 0 aliphatic rings. The molecule has 2 rings (SSSR count). The summed E-state index contributed by atoms with van der Waals surface area (Å²) in [7, 11) is 0. The number of carbonyl (C=O) groups is 1. The highest BCUT2D eigenvalue weighted by molar-refractivity contribution is 5.78. The van der Waals surface area contributed by atoms with Gasteiger partial charge in [0, 0.05) is 5.56 Å². The van der Waals surface area contributed by atoms with Crippen molar-refractivity contribution in [2.24, 2.45) is 0 Å². The van der Waals surface area contributed by atoms with E-state index in [1.165, 1.54) is 4.90 Å². The number of benzene rings is 2. The number of rotatable bonds is 9. The van der Waals surface area contributed by atoms with E-state index in [4.69, 9.17) is 4.74 Å². The molecule has 4 nitrogen and oxygen atoms in total. The van der Waals surface area contributed by atoms with Crippen molar-refractivity contribution in [3.63, 3.8) is 0 Å². The van der Waals surface area contributed by atoms with Crippen LogP contribution in [0.5, 0.6) is 5.75 Å². The molecule has 0 fully saturated rings. The molecule has 0 atom stereocenters. The first-order valence-corrected chi connectivity index (χ1v) is 9.38. The van der Waals surface area contributed by atoms with Gasteiger partial charge in [0.05, 0.1) is 25.2 Å². The second-order valence-corrected chi connectivity index (χ2v) is 7.14. The smallest absolute Gasteiger partial charge is 0.258 e. The molecular formula is C22H31N2O2+. The minimum absolute atomic E-state index is 0.0303. The number of hydrogen-bond acceptors (Lipinski definition) is 2. The van der Waals surface area contributed by atoms with Crippen LogP contribution >= 0.6 is 0 Å². The lowest BCUT2D eigenvalue weighted by Gasteiger charge is -2.27. The maximum Gasteiger partial charge on any atom is 0.258 e. The van der Waals surface area contributed by atoms with Crippen LogP contribution in [0.25, 0.3) is 11.1 Å². The predicted molar refractivity (Wildman–Crippen MR) is 106 cm³/mol. The molecular weight excluding hydrogens is 324 g/mol. The average Bonchev–Trinajstić information content (AvgIpc) is 2.64. The van der Waals surface area contributed by atoms with E-state index < -0.39 is 0 Å². The third-order valence-corrected chi connectivity index (χ3v) is 4.55. The van der Waals surface area contributed by atoms with Crippen molar-refractivity contribution >= 4 is 5.91 Å². The molecule has 0 bridgehead atoms. The summed E-state index contributed by atoms with van der Waals surface area (Å²) in [5.74, 6) is 0.644. The first-order valence-electron chi connectivity index (χ1n) is 9.38.